The Bertz CT molecular complexity index is 607. The van der Waals surface area contributed by atoms with E-state index in [2.05, 4.69) is 0 Å². The summed E-state index contributed by atoms with van der Waals surface area (Å²) in [6, 6.07) is 10.7. The number of carbonyl (C=O) groups is 1. The molecule has 0 heterocycles. The Morgan fingerprint density at radius 1 is 1.05 bits per heavy atom. The van der Waals surface area contributed by atoms with Crippen molar-refractivity contribution in [1.29, 1.82) is 0 Å². The fraction of sp³-hybridized carbons (Fsp3) is 0.0714. The summed E-state index contributed by atoms with van der Waals surface area (Å²) in [5.41, 5.74) is 0.442. The van der Waals surface area contributed by atoms with E-state index < -0.39 is 5.97 Å². The van der Waals surface area contributed by atoms with E-state index in [0.717, 1.165) is 0 Å². The maximum absolute atomic E-state index is 10.7. The number of aromatic hydroxyl groups is 2. The molecule has 5 nitrogen and oxygen atoms in total. The van der Waals surface area contributed by atoms with Crippen molar-refractivity contribution >= 4 is 5.97 Å². The Kier molecular flexibility index (Phi) is 3.56. The van der Waals surface area contributed by atoms with E-state index >= 15 is 0 Å². The Morgan fingerprint density at radius 3 is 2.42 bits per heavy atom. The Labute approximate surface area is 109 Å². The molecule has 0 unspecified atom stereocenters. The molecule has 0 atom stereocenters. The number of ether oxygens (including phenoxy) is 1. The standard InChI is InChI=1S/C14H12O5/c15-11-3-1-2-4-13(11)19-8-9-5-6-10(14(17)18)12(16)7-9/h1-7,15-16H,8H2,(H,17,18). The SMILES string of the molecule is O=C(O)c1ccc(COc2ccccc2O)cc1O. The number of para-hydroxylation sites is 2. The van der Waals surface area contributed by atoms with Crippen LogP contribution in [0.1, 0.15) is 15.9 Å². The van der Waals surface area contributed by atoms with Crippen LogP contribution in [0.3, 0.4) is 0 Å². The molecular formula is C14H12O5. The number of carboxylic acids is 1. The van der Waals surface area contributed by atoms with Crippen molar-refractivity contribution in [1.82, 2.24) is 0 Å². The van der Waals surface area contributed by atoms with Crippen molar-refractivity contribution in [3.05, 3.63) is 53.6 Å². The van der Waals surface area contributed by atoms with Crippen LogP contribution >= 0.6 is 0 Å². The molecule has 0 aromatic heterocycles. The molecule has 2 rings (SSSR count). The lowest BCUT2D eigenvalue weighted by atomic mass is 10.1. The first-order chi connectivity index (χ1) is 9.08. The molecule has 0 bridgehead atoms. The van der Waals surface area contributed by atoms with E-state index in [1.165, 1.54) is 18.2 Å². The van der Waals surface area contributed by atoms with Crippen LogP contribution in [0.2, 0.25) is 0 Å². The second-order valence-electron chi connectivity index (χ2n) is 3.91. The zero-order chi connectivity index (χ0) is 13.8. The highest BCUT2D eigenvalue weighted by Crippen LogP contribution is 2.26. The van der Waals surface area contributed by atoms with Gasteiger partial charge < -0.3 is 20.1 Å². The second-order valence-corrected chi connectivity index (χ2v) is 3.91. The summed E-state index contributed by atoms with van der Waals surface area (Å²) in [5.74, 6) is -1.16. The van der Waals surface area contributed by atoms with Gasteiger partial charge in [-0.15, -0.1) is 0 Å². The van der Waals surface area contributed by atoms with Crippen molar-refractivity contribution in [3.8, 4) is 17.2 Å². The van der Waals surface area contributed by atoms with Crippen LogP contribution in [0, 0.1) is 0 Å². The number of aromatic carboxylic acids is 1. The quantitative estimate of drug-likeness (QED) is 0.785. The van der Waals surface area contributed by atoms with Crippen LogP contribution in [0.15, 0.2) is 42.5 Å². The van der Waals surface area contributed by atoms with Crippen LogP contribution in [0.25, 0.3) is 0 Å². The third-order valence-electron chi connectivity index (χ3n) is 2.55. The molecule has 0 radical (unpaired) electrons. The molecule has 0 saturated carbocycles. The molecule has 0 amide bonds. The molecule has 0 aliphatic rings. The Morgan fingerprint density at radius 2 is 1.79 bits per heavy atom. The van der Waals surface area contributed by atoms with Gasteiger partial charge >= 0.3 is 5.97 Å². The normalized spacial score (nSPS) is 10.1. The Balaban J connectivity index is 2.11. The highest BCUT2D eigenvalue weighted by atomic mass is 16.5. The van der Waals surface area contributed by atoms with Crippen LogP contribution < -0.4 is 4.74 Å². The maximum Gasteiger partial charge on any atom is 0.339 e. The third-order valence-corrected chi connectivity index (χ3v) is 2.55. The van der Waals surface area contributed by atoms with Gasteiger partial charge in [-0.3, -0.25) is 0 Å². The average Bonchev–Trinajstić information content (AvgIpc) is 2.37. The largest absolute Gasteiger partial charge is 0.507 e. The molecule has 19 heavy (non-hydrogen) atoms. The lowest BCUT2D eigenvalue weighted by Crippen LogP contribution is -2.00. The third kappa shape index (κ3) is 2.95. The summed E-state index contributed by atoms with van der Waals surface area (Å²) in [6.07, 6.45) is 0. The molecule has 2 aromatic rings. The summed E-state index contributed by atoms with van der Waals surface area (Å²) in [5, 5.41) is 27.8. The minimum Gasteiger partial charge on any atom is -0.507 e. The van der Waals surface area contributed by atoms with Gasteiger partial charge in [-0.1, -0.05) is 18.2 Å². The second kappa shape index (κ2) is 5.30. The molecule has 0 fully saturated rings. The van der Waals surface area contributed by atoms with Gasteiger partial charge in [-0.2, -0.15) is 0 Å². The van der Waals surface area contributed by atoms with E-state index in [1.807, 2.05) is 0 Å². The fourth-order valence-electron chi connectivity index (χ4n) is 1.59. The minimum atomic E-state index is -1.19. The highest BCUT2D eigenvalue weighted by Gasteiger charge is 2.10. The molecule has 0 aliphatic carbocycles. The summed E-state index contributed by atoms with van der Waals surface area (Å²) in [6.45, 7) is 0.116. The van der Waals surface area contributed by atoms with Crippen LogP contribution in [-0.4, -0.2) is 21.3 Å². The van der Waals surface area contributed by atoms with Crippen LogP contribution in [0.4, 0.5) is 0 Å². The van der Waals surface area contributed by atoms with Gasteiger partial charge in [-0.05, 0) is 29.8 Å². The highest BCUT2D eigenvalue weighted by molar-refractivity contribution is 5.90. The van der Waals surface area contributed by atoms with E-state index in [1.54, 1.807) is 24.3 Å². The van der Waals surface area contributed by atoms with E-state index in [-0.39, 0.29) is 23.7 Å². The first-order valence-corrected chi connectivity index (χ1v) is 5.54. The molecular weight excluding hydrogens is 248 g/mol. The zero-order valence-electron chi connectivity index (χ0n) is 9.91. The molecule has 3 N–H and O–H groups in total. The van der Waals surface area contributed by atoms with E-state index in [9.17, 15) is 15.0 Å². The van der Waals surface area contributed by atoms with Crippen molar-refractivity contribution in [2.24, 2.45) is 0 Å². The molecule has 98 valence electrons. The van der Waals surface area contributed by atoms with Gasteiger partial charge in [0.1, 0.15) is 17.9 Å². The number of hydrogen-bond acceptors (Lipinski definition) is 4. The summed E-state index contributed by atoms with van der Waals surface area (Å²) >= 11 is 0. The number of benzene rings is 2. The molecule has 0 spiro atoms. The van der Waals surface area contributed by atoms with Gasteiger partial charge in [0, 0.05) is 0 Å². The molecule has 2 aromatic carbocycles. The summed E-state index contributed by atoms with van der Waals surface area (Å²) in [7, 11) is 0. The average molecular weight is 260 g/mol. The van der Waals surface area contributed by atoms with Crippen molar-refractivity contribution in [3.63, 3.8) is 0 Å². The van der Waals surface area contributed by atoms with Crippen LogP contribution in [-0.2, 0) is 6.61 Å². The minimum absolute atomic E-state index is 0.0221. The van der Waals surface area contributed by atoms with E-state index in [4.69, 9.17) is 9.84 Å². The van der Waals surface area contributed by atoms with Gasteiger partial charge in [0.25, 0.3) is 0 Å². The lowest BCUT2D eigenvalue weighted by Gasteiger charge is -2.08. The summed E-state index contributed by atoms with van der Waals surface area (Å²) < 4.78 is 5.37. The number of phenolic OH excluding ortho intramolecular Hbond substituents is 1. The van der Waals surface area contributed by atoms with Crippen molar-refractivity contribution < 1.29 is 24.9 Å². The molecule has 0 aliphatic heterocycles. The van der Waals surface area contributed by atoms with E-state index in [0.29, 0.717) is 11.3 Å². The molecule has 0 saturated heterocycles. The lowest BCUT2D eigenvalue weighted by molar-refractivity contribution is 0.0693. The molecule has 5 heteroatoms. The maximum atomic E-state index is 10.7. The van der Waals surface area contributed by atoms with Gasteiger partial charge in [-0.25, -0.2) is 4.79 Å². The smallest absolute Gasteiger partial charge is 0.339 e. The fourth-order valence-corrected chi connectivity index (χ4v) is 1.59. The zero-order valence-corrected chi connectivity index (χ0v) is 9.91. The number of hydrogen-bond donors (Lipinski definition) is 3. The number of phenols is 2. The Hall–Kier alpha value is -2.69. The first kappa shape index (κ1) is 12.8. The topological polar surface area (TPSA) is 87.0 Å². The predicted octanol–water partition coefficient (Wildman–Crippen LogP) is 2.38. The predicted molar refractivity (Wildman–Crippen MR) is 67.5 cm³/mol. The van der Waals surface area contributed by atoms with Crippen LogP contribution in [0.5, 0.6) is 17.2 Å². The van der Waals surface area contributed by atoms with Gasteiger partial charge in [0.05, 0.1) is 0 Å². The van der Waals surface area contributed by atoms with Crippen molar-refractivity contribution in [2.45, 2.75) is 6.61 Å². The van der Waals surface area contributed by atoms with Gasteiger partial charge in [0.15, 0.2) is 11.5 Å². The number of carboxylic acid groups (broad SMARTS) is 1. The first-order valence-electron chi connectivity index (χ1n) is 5.54. The van der Waals surface area contributed by atoms with Crippen molar-refractivity contribution in [2.75, 3.05) is 0 Å². The number of rotatable bonds is 4. The van der Waals surface area contributed by atoms with Gasteiger partial charge in [0.2, 0.25) is 0 Å². The monoisotopic (exact) mass is 260 g/mol. The summed E-state index contributed by atoms with van der Waals surface area (Å²) in [4.78, 5) is 10.7.